The maximum Gasteiger partial charge on any atom is 0.472 e. The van der Waals surface area contributed by atoms with Crippen molar-refractivity contribution in [2.45, 2.75) is 257 Å². The van der Waals surface area contributed by atoms with Gasteiger partial charge in [-0.1, -0.05) is 212 Å². The highest BCUT2D eigenvalue weighted by molar-refractivity contribution is 7.47. The number of likely N-dealkylation sites (N-methyl/N-ethyl adjacent to an activating group) is 1. The van der Waals surface area contributed by atoms with E-state index in [2.05, 4.69) is 31.3 Å². The molecule has 3 atom stereocenters. The number of aliphatic hydroxyl groups excluding tert-OH is 1. The Morgan fingerprint density at radius 3 is 1.33 bits per heavy atom. The van der Waals surface area contributed by atoms with E-state index in [-0.39, 0.29) is 19.1 Å². The summed E-state index contributed by atoms with van der Waals surface area (Å²) >= 11 is 0. The van der Waals surface area contributed by atoms with Crippen LogP contribution in [0.3, 0.4) is 0 Å². The van der Waals surface area contributed by atoms with E-state index in [0.29, 0.717) is 23.9 Å². The predicted octanol–water partition coefficient (Wildman–Crippen LogP) is 14.3. The molecular weight excluding hydrogens is 744 g/mol. The number of phosphoric ester groups is 1. The van der Waals surface area contributed by atoms with Gasteiger partial charge in [-0.2, -0.15) is 0 Å². The molecule has 3 unspecified atom stereocenters. The van der Waals surface area contributed by atoms with E-state index in [1.807, 2.05) is 21.1 Å². The molecule has 0 fully saturated rings. The molecule has 3 N–H and O–H groups in total. The van der Waals surface area contributed by atoms with Gasteiger partial charge in [-0.25, -0.2) is 4.57 Å². The molecule has 0 radical (unpaired) electrons. The number of phosphoric acid groups is 1. The summed E-state index contributed by atoms with van der Waals surface area (Å²) in [4.78, 5) is 23.2. The van der Waals surface area contributed by atoms with Gasteiger partial charge in [0.15, 0.2) is 0 Å². The Morgan fingerprint density at radius 1 is 0.569 bits per heavy atom. The Kier molecular flexibility index (Phi) is 41.0. The van der Waals surface area contributed by atoms with Gasteiger partial charge in [0.05, 0.1) is 39.9 Å². The molecule has 0 spiro atoms. The molecule has 0 aromatic heterocycles. The predicted molar refractivity (Wildman–Crippen MR) is 249 cm³/mol. The molecule has 9 heteroatoms. The van der Waals surface area contributed by atoms with Crippen molar-refractivity contribution in [1.29, 1.82) is 0 Å². The summed E-state index contributed by atoms with van der Waals surface area (Å²) in [7, 11) is 1.62. The van der Waals surface area contributed by atoms with E-state index < -0.39 is 20.0 Å². The minimum absolute atomic E-state index is 0.0752. The van der Waals surface area contributed by atoms with E-state index in [9.17, 15) is 19.4 Å². The Bertz CT molecular complexity index is 958. The number of nitrogens with zero attached hydrogens (tertiary/aromatic N) is 1. The third-order valence-corrected chi connectivity index (χ3v) is 12.5. The fourth-order valence-corrected chi connectivity index (χ4v) is 8.25. The number of hydrogen-bond acceptors (Lipinski definition) is 5. The summed E-state index contributed by atoms with van der Waals surface area (Å²) in [6, 6.07) is -0.761. The summed E-state index contributed by atoms with van der Waals surface area (Å²) in [6.45, 7) is 4.90. The van der Waals surface area contributed by atoms with Gasteiger partial charge in [0.1, 0.15) is 13.2 Å². The first-order valence-corrected chi connectivity index (χ1v) is 26.5. The minimum Gasteiger partial charge on any atom is -0.391 e. The number of amides is 1. The van der Waals surface area contributed by atoms with Crippen LogP contribution in [0.5, 0.6) is 0 Å². The number of nitrogens with one attached hydrogen (secondary N) is 1. The van der Waals surface area contributed by atoms with Gasteiger partial charge >= 0.3 is 7.82 Å². The fraction of sp³-hybridized carbons (Fsp3) is 0.939. The largest absolute Gasteiger partial charge is 0.472 e. The van der Waals surface area contributed by atoms with Gasteiger partial charge < -0.3 is 19.8 Å². The molecular formula is C49H100N2O6P+. The van der Waals surface area contributed by atoms with Gasteiger partial charge in [0.2, 0.25) is 5.91 Å². The third kappa shape index (κ3) is 43.3. The van der Waals surface area contributed by atoms with Crippen LogP contribution in [0.15, 0.2) is 12.2 Å². The van der Waals surface area contributed by atoms with Gasteiger partial charge in [-0.05, 0) is 38.5 Å². The van der Waals surface area contributed by atoms with Crippen LogP contribution in [0.25, 0.3) is 0 Å². The minimum atomic E-state index is -4.32. The van der Waals surface area contributed by atoms with Crippen molar-refractivity contribution in [1.82, 2.24) is 5.32 Å². The molecule has 346 valence electrons. The van der Waals surface area contributed by atoms with E-state index in [0.717, 1.165) is 51.4 Å². The second-order valence-electron chi connectivity index (χ2n) is 18.5. The first kappa shape index (κ1) is 57.2. The van der Waals surface area contributed by atoms with Crippen molar-refractivity contribution < 1.29 is 32.9 Å². The molecule has 0 rings (SSSR count). The van der Waals surface area contributed by atoms with Crippen molar-refractivity contribution in [3.63, 3.8) is 0 Å². The normalized spacial score (nSPS) is 14.3. The van der Waals surface area contributed by atoms with Crippen molar-refractivity contribution in [3.8, 4) is 0 Å². The summed E-state index contributed by atoms with van der Waals surface area (Å²) in [5.74, 6) is -0.150. The average molecular weight is 844 g/mol. The molecule has 0 aromatic carbocycles. The Balaban J connectivity index is 4.25. The van der Waals surface area contributed by atoms with Crippen LogP contribution >= 0.6 is 7.82 Å². The van der Waals surface area contributed by atoms with Crippen LogP contribution in [0.2, 0.25) is 0 Å². The lowest BCUT2D eigenvalue weighted by Crippen LogP contribution is -2.46. The zero-order valence-electron chi connectivity index (χ0n) is 39.3. The van der Waals surface area contributed by atoms with Gasteiger partial charge in [0, 0.05) is 6.42 Å². The van der Waals surface area contributed by atoms with Crippen LogP contribution in [-0.4, -0.2) is 73.4 Å². The van der Waals surface area contributed by atoms with Crippen LogP contribution < -0.4 is 5.32 Å². The van der Waals surface area contributed by atoms with Crippen LogP contribution in [0, 0.1) is 0 Å². The molecule has 0 heterocycles. The third-order valence-electron chi connectivity index (χ3n) is 11.5. The summed E-state index contributed by atoms with van der Waals surface area (Å²) in [5.41, 5.74) is 0. The number of carbonyl (C=O) groups is 1. The molecule has 0 saturated heterocycles. The zero-order chi connectivity index (χ0) is 42.8. The Labute approximate surface area is 361 Å². The smallest absolute Gasteiger partial charge is 0.391 e. The summed E-state index contributed by atoms with van der Waals surface area (Å²) in [6.07, 6.45) is 48.1. The van der Waals surface area contributed by atoms with Gasteiger partial charge in [-0.15, -0.1) is 0 Å². The number of quaternary nitrogens is 1. The summed E-state index contributed by atoms with van der Waals surface area (Å²) < 4.78 is 23.7. The van der Waals surface area contributed by atoms with E-state index in [4.69, 9.17) is 9.05 Å². The highest BCUT2D eigenvalue weighted by Crippen LogP contribution is 2.43. The quantitative estimate of drug-likeness (QED) is 0.0244. The number of unbranched alkanes of at least 4 members (excludes halogenated alkanes) is 31. The molecule has 0 aliphatic rings. The topological polar surface area (TPSA) is 105 Å². The van der Waals surface area contributed by atoms with Crippen molar-refractivity contribution in [2.75, 3.05) is 40.9 Å². The Morgan fingerprint density at radius 2 is 0.931 bits per heavy atom. The number of aliphatic hydroxyl groups is 1. The highest BCUT2D eigenvalue weighted by Gasteiger charge is 2.28. The standard InChI is InChI=1S/C49H99N2O6P/c1-6-8-10-12-14-16-18-20-22-23-24-25-26-27-29-30-32-34-36-38-40-42-48(52)47(46-57-58(54,55)56-45-44-51(3,4)5)50-49(53)43-41-39-37-35-33-31-28-21-19-17-15-13-11-9-7-2/h21,28,47-48,52H,6-20,22-27,29-46H2,1-5H3,(H-,50,53,54,55)/p+1/b28-21-. The number of hydrogen-bond donors (Lipinski definition) is 3. The monoisotopic (exact) mass is 844 g/mol. The first-order chi connectivity index (χ1) is 28.0. The zero-order valence-corrected chi connectivity index (χ0v) is 40.2. The Hall–Kier alpha value is -0.760. The molecule has 0 aromatic rings. The lowest BCUT2D eigenvalue weighted by molar-refractivity contribution is -0.870. The molecule has 0 bridgehead atoms. The molecule has 1 amide bonds. The van der Waals surface area contributed by atoms with Crippen LogP contribution in [0.4, 0.5) is 0 Å². The fourth-order valence-electron chi connectivity index (χ4n) is 7.51. The van der Waals surface area contributed by atoms with Crippen molar-refractivity contribution >= 4 is 13.7 Å². The van der Waals surface area contributed by atoms with Crippen LogP contribution in [0.1, 0.15) is 245 Å². The second kappa shape index (κ2) is 41.6. The van der Waals surface area contributed by atoms with E-state index >= 15 is 0 Å². The van der Waals surface area contributed by atoms with Gasteiger partial charge in [-0.3, -0.25) is 13.8 Å². The van der Waals surface area contributed by atoms with Crippen molar-refractivity contribution in [3.05, 3.63) is 12.2 Å². The number of rotatable bonds is 46. The molecule has 0 aliphatic carbocycles. The molecule has 0 saturated carbocycles. The summed E-state index contributed by atoms with van der Waals surface area (Å²) in [5, 5.41) is 14.0. The van der Waals surface area contributed by atoms with E-state index in [1.165, 1.54) is 167 Å². The number of allylic oxidation sites excluding steroid dienone is 2. The van der Waals surface area contributed by atoms with Crippen LogP contribution in [-0.2, 0) is 18.4 Å². The van der Waals surface area contributed by atoms with Crippen molar-refractivity contribution in [2.24, 2.45) is 0 Å². The maximum atomic E-state index is 12.9. The number of carbonyl (C=O) groups excluding carboxylic acids is 1. The first-order valence-electron chi connectivity index (χ1n) is 25.1. The lowest BCUT2D eigenvalue weighted by atomic mass is 10.0. The van der Waals surface area contributed by atoms with Gasteiger partial charge in [0.25, 0.3) is 0 Å². The average Bonchev–Trinajstić information content (AvgIpc) is 3.17. The molecule has 58 heavy (non-hydrogen) atoms. The lowest BCUT2D eigenvalue weighted by Gasteiger charge is -2.26. The van der Waals surface area contributed by atoms with E-state index in [1.54, 1.807) is 0 Å². The highest BCUT2D eigenvalue weighted by atomic mass is 31.2. The molecule has 0 aliphatic heterocycles. The second-order valence-corrected chi connectivity index (χ2v) is 20.0. The molecule has 8 nitrogen and oxygen atoms in total. The SMILES string of the molecule is CCCCCCCC/C=C\CCCCCCCC(=O)NC(COP(=O)(O)OCC[N+](C)(C)C)C(O)CCCCCCCCCCCCCCCCCCCCCCC. The maximum absolute atomic E-state index is 12.9.